The number of carbonyl (C=O) groups excluding carboxylic acids is 1. The number of rotatable bonds is 4. The van der Waals surface area contributed by atoms with Crippen LogP contribution in [0.2, 0.25) is 0 Å². The highest BCUT2D eigenvalue weighted by atomic mass is 19.1. The van der Waals surface area contributed by atoms with Crippen LogP contribution in [0, 0.1) is 23.7 Å². The van der Waals surface area contributed by atoms with E-state index in [1.165, 1.54) is 6.42 Å². The van der Waals surface area contributed by atoms with Gasteiger partial charge < -0.3 is 19.5 Å². The molecule has 0 aromatic carbocycles. The second-order valence-corrected chi connectivity index (χ2v) is 9.74. The van der Waals surface area contributed by atoms with Gasteiger partial charge in [0.2, 0.25) is 5.89 Å². The number of anilines is 1. The molecule has 2 saturated carbocycles. The smallest absolute Gasteiger partial charge is 0.318 e. The van der Waals surface area contributed by atoms with Crippen molar-refractivity contribution in [2.24, 2.45) is 16.7 Å². The molecule has 1 aliphatic heterocycles. The Labute approximate surface area is 166 Å². The van der Waals surface area contributed by atoms with E-state index >= 15 is 0 Å². The number of fused-ring (bicyclic) bond motifs is 2. The van der Waals surface area contributed by atoms with E-state index in [0.717, 1.165) is 12.8 Å². The lowest BCUT2D eigenvalue weighted by Crippen LogP contribution is -2.52. The van der Waals surface area contributed by atoms with Crippen molar-refractivity contribution in [2.75, 3.05) is 25.0 Å². The molecular weight excluding hydrogens is 361 g/mol. The molecule has 1 aromatic heterocycles. The highest BCUT2D eigenvalue weighted by Crippen LogP contribution is 2.65. The van der Waals surface area contributed by atoms with Crippen LogP contribution in [-0.2, 0) is 0 Å². The third kappa shape index (κ3) is 2.95. The fraction of sp³-hybridized carbons (Fsp3) is 0.850. The van der Waals surface area contributed by atoms with Crippen LogP contribution in [0.25, 0.3) is 0 Å². The minimum atomic E-state index is -0.959. The predicted octanol–water partition coefficient (Wildman–Crippen LogP) is 3.15. The minimum absolute atomic E-state index is 0.0847. The molecule has 2 amide bonds. The molecule has 0 spiro atoms. The summed E-state index contributed by atoms with van der Waals surface area (Å²) in [7, 11) is 1.78. The lowest BCUT2D eigenvalue weighted by Gasteiger charge is -2.40. The molecule has 3 unspecified atom stereocenters. The van der Waals surface area contributed by atoms with Crippen molar-refractivity contribution in [2.45, 2.75) is 71.6 Å². The Balaban J connectivity index is 1.39. The highest BCUT2D eigenvalue weighted by molar-refractivity contribution is 5.74. The van der Waals surface area contributed by atoms with Gasteiger partial charge in [-0.25, -0.2) is 9.18 Å². The van der Waals surface area contributed by atoms with E-state index in [4.69, 9.17) is 4.42 Å². The summed E-state index contributed by atoms with van der Waals surface area (Å²) < 4.78 is 19.6. The highest BCUT2D eigenvalue weighted by Gasteiger charge is 2.61. The Morgan fingerprint density at radius 2 is 2.11 bits per heavy atom. The van der Waals surface area contributed by atoms with Gasteiger partial charge in [0.05, 0.1) is 12.6 Å². The number of halogens is 1. The fourth-order valence-corrected chi connectivity index (χ4v) is 5.75. The topological polar surface area (TPSA) is 74.5 Å². The third-order valence-corrected chi connectivity index (χ3v) is 8.05. The lowest BCUT2D eigenvalue weighted by atomic mass is 9.69. The van der Waals surface area contributed by atoms with Gasteiger partial charge in [-0.1, -0.05) is 25.9 Å². The number of aromatic nitrogens is 2. The Morgan fingerprint density at radius 3 is 2.68 bits per heavy atom. The van der Waals surface area contributed by atoms with E-state index in [0.29, 0.717) is 30.8 Å². The van der Waals surface area contributed by atoms with Crippen LogP contribution in [0.5, 0.6) is 0 Å². The Hall–Kier alpha value is -1.86. The second-order valence-electron chi connectivity index (χ2n) is 9.74. The van der Waals surface area contributed by atoms with Gasteiger partial charge in [0.25, 0.3) is 0 Å². The first-order valence-electron chi connectivity index (χ1n) is 10.3. The normalized spacial score (nSPS) is 36.1. The molecule has 1 saturated heterocycles. The predicted molar refractivity (Wildman–Crippen MR) is 104 cm³/mol. The first-order chi connectivity index (χ1) is 13.1. The Morgan fingerprint density at radius 1 is 1.36 bits per heavy atom. The van der Waals surface area contributed by atoms with E-state index < -0.39 is 6.17 Å². The molecule has 3 aliphatic rings. The van der Waals surface area contributed by atoms with Crippen molar-refractivity contribution in [1.82, 2.24) is 20.4 Å². The molecule has 28 heavy (non-hydrogen) atoms. The van der Waals surface area contributed by atoms with Crippen LogP contribution in [0.1, 0.15) is 52.3 Å². The maximum Gasteiger partial charge on any atom is 0.318 e. The minimum Gasteiger partial charge on any atom is -0.408 e. The standard InChI is InChI=1S/C20H32FN5O2/c1-12-23-24-18(28-12)26-10-14(21)9-15(26)11-25(5)17(27)22-16-8-13-6-7-20(16,4)19(13,2)3/h13-16H,6-11H2,1-5H3,(H,22,27)/t13?,14-,15-,16?,20?/m0/s1. The molecular formula is C20H32FN5O2. The number of amides is 2. The van der Waals surface area contributed by atoms with E-state index in [-0.39, 0.29) is 35.5 Å². The molecule has 5 atom stereocenters. The second kappa shape index (κ2) is 6.59. The first-order valence-corrected chi connectivity index (χ1v) is 10.3. The average Bonchev–Trinajstić information content (AvgIpc) is 3.30. The number of alkyl halides is 1. The van der Waals surface area contributed by atoms with Crippen LogP contribution in [0.3, 0.4) is 0 Å². The molecule has 156 valence electrons. The molecule has 4 rings (SSSR count). The number of urea groups is 1. The van der Waals surface area contributed by atoms with E-state index in [1.54, 1.807) is 23.8 Å². The molecule has 8 heteroatoms. The van der Waals surface area contributed by atoms with Crippen molar-refractivity contribution in [1.29, 1.82) is 0 Å². The molecule has 2 bridgehead atoms. The van der Waals surface area contributed by atoms with Gasteiger partial charge in [0.1, 0.15) is 6.17 Å². The van der Waals surface area contributed by atoms with Gasteiger partial charge in [-0.05, 0) is 36.0 Å². The average molecular weight is 394 g/mol. The summed E-state index contributed by atoms with van der Waals surface area (Å²) in [5.41, 5.74) is 0.391. The summed E-state index contributed by atoms with van der Waals surface area (Å²) in [5.74, 6) is 1.13. The molecule has 2 aliphatic carbocycles. The Kier molecular flexibility index (Phi) is 4.58. The number of likely N-dealkylation sites (N-methyl/N-ethyl adjacent to an activating group) is 1. The quantitative estimate of drug-likeness (QED) is 0.851. The first kappa shape index (κ1) is 19.5. The number of hydrogen-bond acceptors (Lipinski definition) is 5. The zero-order chi connectivity index (χ0) is 20.3. The van der Waals surface area contributed by atoms with Gasteiger partial charge >= 0.3 is 12.0 Å². The van der Waals surface area contributed by atoms with Crippen LogP contribution in [0.15, 0.2) is 4.42 Å². The summed E-state index contributed by atoms with van der Waals surface area (Å²) in [5, 5.41) is 11.1. The van der Waals surface area contributed by atoms with Crippen LogP contribution in [-0.4, -0.2) is 59.5 Å². The van der Waals surface area contributed by atoms with E-state index in [1.807, 2.05) is 0 Å². The van der Waals surface area contributed by atoms with Gasteiger partial charge in [-0.15, -0.1) is 5.10 Å². The van der Waals surface area contributed by atoms with Crippen LogP contribution < -0.4 is 10.2 Å². The van der Waals surface area contributed by atoms with Gasteiger partial charge in [-0.2, -0.15) is 0 Å². The summed E-state index contributed by atoms with van der Waals surface area (Å²) in [4.78, 5) is 16.4. The van der Waals surface area contributed by atoms with Gasteiger partial charge in [0.15, 0.2) is 0 Å². The summed E-state index contributed by atoms with van der Waals surface area (Å²) in [6.45, 7) is 9.35. The Bertz CT molecular complexity index is 753. The number of nitrogens with one attached hydrogen (secondary N) is 1. The van der Waals surface area contributed by atoms with Gasteiger partial charge in [0, 0.05) is 33.0 Å². The number of aryl methyl sites for hydroxylation is 1. The molecule has 7 nitrogen and oxygen atoms in total. The summed E-state index contributed by atoms with van der Waals surface area (Å²) >= 11 is 0. The van der Waals surface area contributed by atoms with E-state index in [2.05, 4.69) is 36.3 Å². The van der Waals surface area contributed by atoms with Crippen molar-refractivity contribution < 1.29 is 13.6 Å². The molecule has 1 N–H and O–H groups in total. The monoisotopic (exact) mass is 393 g/mol. The van der Waals surface area contributed by atoms with Crippen molar-refractivity contribution in [3.8, 4) is 0 Å². The number of hydrogen-bond donors (Lipinski definition) is 1. The third-order valence-electron chi connectivity index (χ3n) is 8.05. The molecule has 1 aromatic rings. The summed E-state index contributed by atoms with van der Waals surface area (Å²) in [6, 6.07) is 0.276. The fourth-order valence-electron chi connectivity index (χ4n) is 5.75. The van der Waals surface area contributed by atoms with Crippen LogP contribution >= 0.6 is 0 Å². The largest absolute Gasteiger partial charge is 0.408 e. The molecule has 2 heterocycles. The maximum absolute atomic E-state index is 14.1. The van der Waals surface area contributed by atoms with Crippen LogP contribution in [0.4, 0.5) is 15.2 Å². The zero-order valence-electron chi connectivity index (χ0n) is 17.5. The van der Waals surface area contributed by atoms with E-state index in [9.17, 15) is 9.18 Å². The van der Waals surface area contributed by atoms with Crippen molar-refractivity contribution >= 4 is 12.0 Å². The number of carbonyl (C=O) groups is 1. The molecule has 3 fully saturated rings. The van der Waals surface area contributed by atoms with Crippen molar-refractivity contribution in [3.63, 3.8) is 0 Å². The maximum atomic E-state index is 14.1. The van der Waals surface area contributed by atoms with Gasteiger partial charge in [-0.3, -0.25) is 0 Å². The molecule has 0 radical (unpaired) electrons. The lowest BCUT2D eigenvalue weighted by molar-refractivity contribution is 0.118. The summed E-state index contributed by atoms with van der Waals surface area (Å²) in [6.07, 6.45) is 2.86. The van der Waals surface area contributed by atoms with Crippen molar-refractivity contribution in [3.05, 3.63) is 5.89 Å². The SMILES string of the molecule is Cc1nnc(N2C[C@@H](F)C[C@H]2CN(C)C(=O)NC2CC3CCC2(C)C3(C)C)o1. The zero-order valence-corrected chi connectivity index (χ0v) is 17.5. The number of nitrogens with zero attached hydrogens (tertiary/aromatic N) is 4.